The van der Waals surface area contributed by atoms with Gasteiger partial charge in [0.1, 0.15) is 0 Å². The fraction of sp³-hybridized carbons (Fsp3) is 1.00. The summed E-state index contributed by atoms with van der Waals surface area (Å²) >= 11 is 0. The van der Waals surface area contributed by atoms with Crippen LogP contribution in [0.5, 0.6) is 0 Å². The van der Waals surface area contributed by atoms with Crippen LogP contribution in [0.25, 0.3) is 0 Å². The van der Waals surface area contributed by atoms with Gasteiger partial charge in [-0.25, -0.2) is 0 Å². The Balaban J connectivity index is 2.13. The van der Waals surface area contributed by atoms with Gasteiger partial charge in [-0.3, -0.25) is 9.80 Å². The molecule has 1 saturated carbocycles. The summed E-state index contributed by atoms with van der Waals surface area (Å²) in [6.45, 7) is 8.79. The number of likely N-dealkylation sites (tertiary alicyclic amines) is 1. The third-order valence-electron chi connectivity index (χ3n) is 5.20. The normalized spacial score (nSPS) is 32.0. The van der Waals surface area contributed by atoms with Crippen LogP contribution in [0.2, 0.25) is 0 Å². The number of ether oxygens (including phenoxy) is 2. The van der Waals surface area contributed by atoms with Gasteiger partial charge in [0, 0.05) is 57.5 Å². The summed E-state index contributed by atoms with van der Waals surface area (Å²) in [5, 5.41) is 0. The molecule has 0 bridgehead atoms. The molecule has 1 heterocycles. The van der Waals surface area contributed by atoms with Gasteiger partial charge in [-0.05, 0) is 33.1 Å². The Morgan fingerprint density at radius 3 is 2.57 bits per heavy atom. The molecule has 0 aromatic rings. The highest BCUT2D eigenvalue weighted by Crippen LogP contribution is 2.40. The van der Waals surface area contributed by atoms with Gasteiger partial charge in [0.2, 0.25) is 0 Å². The second kappa shape index (κ2) is 7.38. The molecule has 1 saturated heterocycles. The van der Waals surface area contributed by atoms with Crippen LogP contribution in [0.4, 0.5) is 0 Å². The SMILES string of the molecule is COCCN(C(C)COC)C1(CN)CC(C)N(C2CC2)C1. The average molecular weight is 299 g/mol. The molecule has 3 atom stereocenters. The standard InChI is InChI=1S/C16H33N3O2/c1-13-9-16(11-17,12-18(13)15-5-6-15)19(7-8-20-3)14(2)10-21-4/h13-15H,5-12,17H2,1-4H3. The van der Waals surface area contributed by atoms with Gasteiger partial charge < -0.3 is 15.2 Å². The second-order valence-electron chi connectivity index (χ2n) is 6.88. The molecule has 21 heavy (non-hydrogen) atoms. The van der Waals surface area contributed by atoms with Crippen molar-refractivity contribution in [3.63, 3.8) is 0 Å². The Morgan fingerprint density at radius 2 is 2.05 bits per heavy atom. The fourth-order valence-electron chi connectivity index (χ4n) is 4.04. The molecule has 0 aromatic heterocycles. The highest BCUT2D eigenvalue weighted by atomic mass is 16.5. The van der Waals surface area contributed by atoms with Crippen LogP contribution in [0, 0.1) is 0 Å². The fourth-order valence-corrected chi connectivity index (χ4v) is 4.04. The molecule has 2 aliphatic rings. The number of hydrogen-bond donors (Lipinski definition) is 1. The summed E-state index contributed by atoms with van der Waals surface area (Å²) in [7, 11) is 3.54. The third-order valence-corrected chi connectivity index (χ3v) is 5.20. The van der Waals surface area contributed by atoms with E-state index in [1.807, 2.05) is 0 Å². The van der Waals surface area contributed by atoms with E-state index < -0.39 is 0 Å². The van der Waals surface area contributed by atoms with Crippen LogP contribution in [0.3, 0.4) is 0 Å². The van der Waals surface area contributed by atoms with Crippen LogP contribution in [-0.2, 0) is 9.47 Å². The maximum Gasteiger partial charge on any atom is 0.0615 e. The number of hydrogen-bond acceptors (Lipinski definition) is 5. The quantitative estimate of drug-likeness (QED) is 0.686. The van der Waals surface area contributed by atoms with Gasteiger partial charge in [0.15, 0.2) is 0 Å². The summed E-state index contributed by atoms with van der Waals surface area (Å²) in [5.74, 6) is 0. The molecular formula is C16H33N3O2. The van der Waals surface area contributed by atoms with Gasteiger partial charge in [0.05, 0.1) is 13.2 Å². The Kier molecular flexibility index (Phi) is 6.03. The van der Waals surface area contributed by atoms with Crippen molar-refractivity contribution >= 4 is 0 Å². The smallest absolute Gasteiger partial charge is 0.0615 e. The lowest BCUT2D eigenvalue weighted by molar-refractivity contribution is 0.00306. The summed E-state index contributed by atoms with van der Waals surface area (Å²) in [6, 6.07) is 1.79. The molecule has 5 nitrogen and oxygen atoms in total. The van der Waals surface area contributed by atoms with E-state index in [0.717, 1.165) is 38.8 Å². The summed E-state index contributed by atoms with van der Waals surface area (Å²) in [6.07, 6.45) is 3.87. The van der Waals surface area contributed by atoms with Gasteiger partial charge in [-0.2, -0.15) is 0 Å². The predicted molar refractivity (Wildman–Crippen MR) is 85.5 cm³/mol. The van der Waals surface area contributed by atoms with Crippen molar-refractivity contribution in [2.45, 2.75) is 56.8 Å². The summed E-state index contributed by atoms with van der Waals surface area (Å²) < 4.78 is 10.7. The van der Waals surface area contributed by atoms with E-state index in [1.165, 1.54) is 12.8 Å². The van der Waals surface area contributed by atoms with E-state index in [1.54, 1.807) is 14.2 Å². The van der Waals surface area contributed by atoms with Gasteiger partial charge in [-0.15, -0.1) is 0 Å². The molecule has 2 N–H and O–H groups in total. The molecule has 124 valence electrons. The van der Waals surface area contributed by atoms with Gasteiger partial charge in [0.25, 0.3) is 0 Å². The molecule has 3 unspecified atom stereocenters. The van der Waals surface area contributed by atoms with E-state index in [4.69, 9.17) is 15.2 Å². The maximum absolute atomic E-state index is 6.27. The van der Waals surface area contributed by atoms with Crippen LogP contribution in [-0.4, -0.2) is 80.5 Å². The van der Waals surface area contributed by atoms with E-state index in [9.17, 15) is 0 Å². The van der Waals surface area contributed by atoms with Crippen molar-refractivity contribution in [3.05, 3.63) is 0 Å². The van der Waals surface area contributed by atoms with Crippen LogP contribution >= 0.6 is 0 Å². The summed E-state index contributed by atoms with van der Waals surface area (Å²) in [5.41, 5.74) is 6.34. The number of methoxy groups -OCH3 is 2. The van der Waals surface area contributed by atoms with Gasteiger partial charge >= 0.3 is 0 Å². The molecule has 0 aromatic carbocycles. The molecule has 1 aliphatic heterocycles. The maximum atomic E-state index is 6.27. The van der Waals surface area contributed by atoms with Crippen molar-refractivity contribution in [2.75, 3.05) is 47.1 Å². The Labute approximate surface area is 129 Å². The molecule has 0 spiro atoms. The minimum atomic E-state index is 0.0679. The lowest BCUT2D eigenvalue weighted by Gasteiger charge is -2.44. The van der Waals surface area contributed by atoms with E-state index in [2.05, 4.69) is 23.6 Å². The topological polar surface area (TPSA) is 51.0 Å². The average Bonchev–Trinajstić information content (AvgIpc) is 3.24. The van der Waals surface area contributed by atoms with Crippen LogP contribution < -0.4 is 5.73 Å². The van der Waals surface area contributed by atoms with Crippen molar-refractivity contribution in [1.82, 2.24) is 9.80 Å². The Hall–Kier alpha value is -0.200. The monoisotopic (exact) mass is 299 g/mol. The molecule has 2 fully saturated rings. The lowest BCUT2D eigenvalue weighted by atomic mass is 9.92. The zero-order chi connectivity index (χ0) is 15.5. The van der Waals surface area contributed by atoms with Crippen molar-refractivity contribution < 1.29 is 9.47 Å². The Morgan fingerprint density at radius 1 is 1.33 bits per heavy atom. The van der Waals surface area contributed by atoms with Crippen molar-refractivity contribution in [2.24, 2.45) is 5.73 Å². The van der Waals surface area contributed by atoms with Crippen LogP contribution in [0.15, 0.2) is 0 Å². The third kappa shape index (κ3) is 3.77. The highest BCUT2D eigenvalue weighted by molar-refractivity contribution is 5.07. The molecule has 2 rings (SSSR count). The van der Waals surface area contributed by atoms with Crippen LogP contribution in [0.1, 0.15) is 33.1 Å². The first kappa shape index (κ1) is 17.2. The molecule has 5 heteroatoms. The number of nitrogens with zero attached hydrogens (tertiary/aromatic N) is 2. The van der Waals surface area contributed by atoms with E-state index >= 15 is 0 Å². The van der Waals surface area contributed by atoms with Gasteiger partial charge in [-0.1, -0.05) is 0 Å². The summed E-state index contributed by atoms with van der Waals surface area (Å²) in [4.78, 5) is 5.21. The number of rotatable bonds is 9. The first-order valence-corrected chi connectivity index (χ1v) is 8.28. The zero-order valence-corrected chi connectivity index (χ0v) is 14.2. The first-order valence-electron chi connectivity index (χ1n) is 8.28. The highest BCUT2D eigenvalue weighted by Gasteiger charge is 2.50. The van der Waals surface area contributed by atoms with E-state index in [0.29, 0.717) is 18.6 Å². The second-order valence-corrected chi connectivity index (χ2v) is 6.88. The van der Waals surface area contributed by atoms with E-state index in [-0.39, 0.29) is 5.54 Å². The Bertz CT molecular complexity index is 325. The number of nitrogens with two attached hydrogens (primary N) is 1. The van der Waals surface area contributed by atoms with Crippen molar-refractivity contribution in [3.8, 4) is 0 Å². The molecule has 0 amide bonds. The minimum absolute atomic E-state index is 0.0679. The zero-order valence-electron chi connectivity index (χ0n) is 14.2. The molecule has 0 radical (unpaired) electrons. The van der Waals surface area contributed by atoms with Crippen molar-refractivity contribution in [1.29, 1.82) is 0 Å². The molecule has 1 aliphatic carbocycles. The molecular weight excluding hydrogens is 266 g/mol. The largest absolute Gasteiger partial charge is 0.383 e. The lowest BCUT2D eigenvalue weighted by Crippen LogP contribution is -2.60. The minimum Gasteiger partial charge on any atom is -0.383 e. The first-order chi connectivity index (χ1) is 10.1. The predicted octanol–water partition coefficient (Wildman–Crippen LogP) is 0.924.